The van der Waals surface area contributed by atoms with Gasteiger partial charge < -0.3 is 18.8 Å². The fraction of sp³-hybridized carbons (Fsp3) is 0. The molecule has 0 bridgehead atoms. The summed E-state index contributed by atoms with van der Waals surface area (Å²) in [6.07, 6.45) is 0. The van der Waals surface area contributed by atoms with E-state index < -0.39 is 24.2 Å². The van der Waals surface area contributed by atoms with Gasteiger partial charge in [-0.3, -0.25) is 0 Å². The van der Waals surface area contributed by atoms with E-state index in [1.165, 1.54) is 0 Å². The van der Waals surface area contributed by atoms with Crippen LogP contribution in [0.25, 0.3) is 38.5 Å². The van der Waals surface area contributed by atoms with Gasteiger partial charge in [-0.15, -0.1) is 0 Å². The van der Waals surface area contributed by atoms with E-state index in [4.69, 9.17) is 15.4 Å². The van der Waals surface area contributed by atoms with Crippen molar-refractivity contribution >= 4 is 90.2 Å². The predicted octanol–water partition coefficient (Wildman–Crippen LogP) is 9.61. The molecule has 0 unspecified atom stereocenters. The standard InChI is InChI=1S/C44H28BN3O/c1-3-14-29(15-4-1)46-38-23-13-24-39-42(38)45(44-43(34-20-9-12-25-41(34)49-44)48(39)30-16-5-2-6-17-30)35-27-26-31(28-40(35)46)47-36-21-10-7-18-32(36)33-19-8-11-22-37(33)47/h1-28H/i7D,8D,10D,11D,18D,19D,21D,22D. The minimum Gasteiger partial charge on any atom is -0.468 e. The maximum absolute atomic E-state index is 9.12. The highest BCUT2D eigenvalue weighted by Gasteiger charge is 2.46. The molecule has 4 heterocycles. The number of benzene rings is 7. The van der Waals surface area contributed by atoms with Crippen molar-refractivity contribution in [2.24, 2.45) is 0 Å². The Morgan fingerprint density at radius 2 is 1.12 bits per heavy atom. The SMILES string of the molecule is [2H]c1c([2H])c([2H])c2c(c1[2H])c1c([2H])c([2H])c([2H])c([2H])c1n2-c1ccc2c(c1)N(c1ccccc1)c1cccc3c1B2c1oc2ccccc2c1N3c1ccccc1. The van der Waals surface area contributed by atoms with Crippen LogP contribution in [-0.2, 0) is 0 Å². The van der Waals surface area contributed by atoms with E-state index in [0.29, 0.717) is 5.69 Å². The third-order valence-electron chi connectivity index (χ3n) is 9.80. The molecule has 9 aromatic rings. The van der Waals surface area contributed by atoms with Crippen molar-refractivity contribution in [1.82, 2.24) is 4.57 Å². The van der Waals surface area contributed by atoms with Crippen molar-refractivity contribution in [2.45, 2.75) is 0 Å². The molecule has 0 atom stereocenters. The summed E-state index contributed by atoms with van der Waals surface area (Å²) in [5, 5.41) is 1.05. The molecule has 2 aliphatic heterocycles. The van der Waals surface area contributed by atoms with Crippen molar-refractivity contribution in [2.75, 3.05) is 9.80 Å². The van der Waals surface area contributed by atoms with Gasteiger partial charge in [0.05, 0.1) is 33.3 Å². The zero-order chi connectivity index (χ0) is 39.0. The first-order valence-corrected chi connectivity index (χ1v) is 16.2. The Morgan fingerprint density at radius 1 is 0.510 bits per heavy atom. The van der Waals surface area contributed by atoms with E-state index in [2.05, 4.69) is 46.2 Å². The lowest BCUT2D eigenvalue weighted by Crippen LogP contribution is -2.61. The van der Waals surface area contributed by atoms with Crippen molar-refractivity contribution in [3.63, 3.8) is 0 Å². The fourth-order valence-corrected chi connectivity index (χ4v) is 7.87. The van der Waals surface area contributed by atoms with Crippen molar-refractivity contribution in [1.29, 1.82) is 0 Å². The Morgan fingerprint density at radius 3 is 1.84 bits per heavy atom. The number of fused-ring (bicyclic) bond motifs is 9. The molecule has 0 amide bonds. The third-order valence-corrected chi connectivity index (χ3v) is 9.80. The second-order valence-corrected chi connectivity index (χ2v) is 12.3. The highest BCUT2D eigenvalue weighted by atomic mass is 16.3. The van der Waals surface area contributed by atoms with Crippen LogP contribution in [0.15, 0.2) is 174 Å². The van der Waals surface area contributed by atoms with E-state index in [1.807, 2.05) is 84.9 Å². The minimum absolute atomic E-state index is 0.0378. The number of aromatic nitrogens is 1. The van der Waals surface area contributed by atoms with Crippen LogP contribution in [0.2, 0.25) is 0 Å². The van der Waals surface area contributed by atoms with Gasteiger partial charge in [-0.1, -0.05) is 96.9 Å². The molecule has 5 heteroatoms. The molecule has 7 aromatic carbocycles. The smallest absolute Gasteiger partial charge is 0.297 e. The summed E-state index contributed by atoms with van der Waals surface area (Å²) in [5.74, 6) is 0. The number of rotatable bonds is 3. The first-order chi connectivity index (χ1) is 27.7. The monoisotopic (exact) mass is 633 g/mol. The summed E-state index contributed by atoms with van der Waals surface area (Å²) in [7, 11) is 0. The van der Waals surface area contributed by atoms with Crippen LogP contribution >= 0.6 is 0 Å². The van der Waals surface area contributed by atoms with Crippen LogP contribution < -0.4 is 26.4 Å². The minimum atomic E-state index is -0.476. The highest BCUT2D eigenvalue weighted by Crippen LogP contribution is 2.46. The molecule has 0 radical (unpaired) electrons. The molecule has 0 aliphatic carbocycles. The molecular formula is C44H28BN3O. The van der Waals surface area contributed by atoms with Crippen molar-refractivity contribution in [3.05, 3.63) is 170 Å². The fourth-order valence-electron chi connectivity index (χ4n) is 7.87. The first-order valence-electron chi connectivity index (χ1n) is 20.2. The molecule has 2 aromatic heterocycles. The normalized spacial score (nSPS) is 15.5. The average molecular weight is 634 g/mol. The summed E-state index contributed by atoms with van der Waals surface area (Å²) < 4.78 is 78.9. The van der Waals surface area contributed by atoms with Gasteiger partial charge in [0, 0.05) is 50.3 Å². The average Bonchev–Trinajstić information content (AvgIpc) is 3.81. The molecule has 0 fully saturated rings. The molecule has 0 saturated heterocycles. The Bertz CT molecular complexity index is 3130. The van der Waals surface area contributed by atoms with Gasteiger partial charge in [0.2, 0.25) is 0 Å². The summed E-state index contributed by atoms with van der Waals surface area (Å²) in [6, 6.07) is 37.1. The van der Waals surface area contributed by atoms with Gasteiger partial charge >= 0.3 is 0 Å². The van der Waals surface area contributed by atoms with Crippen LogP contribution in [0.3, 0.4) is 0 Å². The Kier molecular flexibility index (Phi) is 4.10. The first kappa shape index (κ1) is 20.0. The predicted molar refractivity (Wildman–Crippen MR) is 205 cm³/mol. The number of nitrogens with zero attached hydrogens (tertiary/aromatic N) is 3. The van der Waals surface area contributed by atoms with E-state index in [-0.39, 0.29) is 52.7 Å². The van der Waals surface area contributed by atoms with Gasteiger partial charge in [-0.2, -0.15) is 0 Å². The lowest BCUT2D eigenvalue weighted by Gasteiger charge is -2.42. The summed E-state index contributed by atoms with van der Waals surface area (Å²) >= 11 is 0. The maximum Gasteiger partial charge on any atom is 0.297 e. The van der Waals surface area contributed by atoms with E-state index in [0.717, 1.165) is 61.7 Å². The number of anilines is 6. The number of furan rings is 1. The summed E-state index contributed by atoms with van der Waals surface area (Å²) in [5.41, 5.74) is 9.67. The topological polar surface area (TPSA) is 24.6 Å². The van der Waals surface area contributed by atoms with Gasteiger partial charge in [-0.05, 0) is 83.7 Å². The lowest BCUT2D eigenvalue weighted by molar-refractivity contribution is 0.651. The molecule has 0 saturated carbocycles. The number of hydrogen-bond donors (Lipinski definition) is 0. The van der Waals surface area contributed by atoms with Crippen molar-refractivity contribution in [3.8, 4) is 5.69 Å². The van der Waals surface area contributed by atoms with Gasteiger partial charge in [-0.25, -0.2) is 0 Å². The van der Waals surface area contributed by atoms with Gasteiger partial charge in [0.15, 0.2) is 0 Å². The van der Waals surface area contributed by atoms with Gasteiger partial charge in [0.1, 0.15) is 5.58 Å². The molecule has 0 spiro atoms. The van der Waals surface area contributed by atoms with Crippen LogP contribution in [0.1, 0.15) is 11.0 Å². The quantitative estimate of drug-likeness (QED) is 0.181. The summed E-state index contributed by atoms with van der Waals surface area (Å²) in [6.45, 7) is -0.352. The maximum atomic E-state index is 9.12. The van der Waals surface area contributed by atoms with Crippen LogP contribution in [0.4, 0.5) is 34.1 Å². The molecule has 2 aliphatic rings. The molecule has 49 heavy (non-hydrogen) atoms. The highest BCUT2D eigenvalue weighted by molar-refractivity contribution is 7.00. The van der Waals surface area contributed by atoms with Gasteiger partial charge in [0.25, 0.3) is 6.71 Å². The van der Waals surface area contributed by atoms with E-state index >= 15 is 0 Å². The van der Waals surface area contributed by atoms with E-state index in [9.17, 15) is 0 Å². The Labute approximate surface area is 295 Å². The second kappa shape index (κ2) is 10.0. The largest absolute Gasteiger partial charge is 0.468 e. The molecule has 11 rings (SSSR count). The molecule has 0 N–H and O–H groups in total. The second-order valence-electron chi connectivity index (χ2n) is 12.3. The van der Waals surface area contributed by atoms with Crippen LogP contribution in [0.5, 0.6) is 0 Å². The van der Waals surface area contributed by atoms with Crippen LogP contribution in [0, 0.1) is 0 Å². The molecule has 4 nitrogen and oxygen atoms in total. The van der Waals surface area contributed by atoms with E-state index in [1.54, 1.807) is 4.57 Å². The Hall–Kier alpha value is -6.46. The third kappa shape index (κ3) is 3.64. The Balaban J connectivity index is 1.27. The number of para-hydroxylation sites is 5. The summed E-state index contributed by atoms with van der Waals surface area (Å²) in [4.78, 5) is 4.46. The zero-order valence-corrected chi connectivity index (χ0v) is 25.9. The number of hydrogen-bond acceptors (Lipinski definition) is 3. The molecular weight excluding hydrogens is 597 g/mol. The molecule has 228 valence electrons. The lowest BCUT2D eigenvalue weighted by atomic mass is 9.35. The van der Waals surface area contributed by atoms with Crippen LogP contribution in [-0.4, -0.2) is 11.3 Å². The zero-order valence-electron chi connectivity index (χ0n) is 33.9. The van der Waals surface area contributed by atoms with Crippen molar-refractivity contribution < 1.29 is 15.4 Å².